The Kier molecular flexibility index (Phi) is 4.04. The third-order valence-corrected chi connectivity index (χ3v) is 2.80. The molecule has 0 aliphatic rings. The van der Waals surface area contributed by atoms with Crippen molar-refractivity contribution in [3.05, 3.63) is 59.9 Å². The van der Waals surface area contributed by atoms with E-state index in [1.54, 1.807) is 12.1 Å². The molecule has 2 aromatic carbocycles. The van der Waals surface area contributed by atoms with Gasteiger partial charge in [-0.3, -0.25) is 0 Å². The lowest BCUT2D eigenvalue weighted by atomic mass is 10.2. The number of hydrogen-bond acceptors (Lipinski definition) is 2. The normalized spacial score (nSPS) is 9.89. The molecule has 2 N–H and O–H groups in total. The summed E-state index contributed by atoms with van der Waals surface area (Å²) in [5, 5.41) is 0. The van der Waals surface area contributed by atoms with Gasteiger partial charge in [-0.25, -0.2) is 4.39 Å². The van der Waals surface area contributed by atoms with Crippen molar-refractivity contribution < 1.29 is 4.39 Å². The zero-order chi connectivity index (χ0) is 13.7. The van der Waals surface area contributed by atoms with Crippen LogP contribution in [0.4, 0.5) is 15.8 Å². The first-order chi connectivity index (χ1) is 9.19. The van der Waals surface area contributed by atoms with E-state index < -0.39 is 0 Å². The average molecular weight is 254 g/mol. The van der Waals surface area contributed by atoms with Gasteiger partial charge >= 0.3 is 0 Å². The number of nitrogen functional groups attached to an aromatic ring is 1. The molecule has 0 spiro atoms. The van der Waals surface area contributed by atoms with Crippen LogP contribution in [0.5, 0.6) is 0 Å². The lowest BCUT2D eigenvalue weighted by Crippen LogP contribution is -2.22. The highest BCUT2D eigenvalue weighted by atomic mass is 19.1. The Morgan fingerprint density at radius 1 is 1.16 bits per heavy atom. The third-order valence-electron chi connectivity index (χ3n) is 2.80. The van der Waals surface area contributed by atoms with Crippen LogP contribution < -0.4 is 10.6 Å². The summed E-state index contributed by atoms with van der Waals surface area (Å²) in [6.45, 7) is 1.09. The van der Waals surface area contributed by atoms with Crippen LogP contribution >= 0.6 is 0 Å². The molecule has 3 heteroatoms. The van der Waals surface area contributed by atoms with E-state index in [-0.39, 0.29) is 5.82 Å². The van der Waals surface area contributed by atoms with Gasteiger partial charge in [0.05, 0.1) is 6.54 Å². The molecule has 0 aliphatic carbocycles. The Morgan fingerprint density at radius 3 is 2.53 bits per heavy atom. The van der Waals surface area contributed by atoms with Crippen molar-refractivity contribution in [3.8, 4) is 12.3 Å². The van der Waals surface area contributed by atoms with E-state index in [0.29, 0.717) is 18.8 Å². The number of rotatable bonds is 4. The number of halogens is 1. The van der Waals surface area contributed by atoms with E-state index in [2.05, 4.69) is 5.92 Å². The maximum Gasteiger partial charge on any atom is 0.123 e. The Balaban J connectivity index is 2.21. The molecule has 2 aromatic rings. The number of hydrogen-bond donors (Lipinski definition) is 1. The SMILES string of the molecule is C#CCN(Cc1ccc(F)cc1)c1cccc(N)c1. The number of anilines is 2. The maximum absolute atomic E-state index is 12.9. The largest absolute Gasteiger partial charge is 0.399 e. The molecule has 0 heterocycles. The van der Waals surface area contributed by atoms with Gasteiger partial charge < -0.3 is 10.6 Å². The van der Waals surface area contributed by atoms with Crippen LogP contribution in [0.2, 0.25) is 0 Å². The lowest BCUT2D eigenvalue weighted by Gasteiger charge is -2.23. The molecule has 0 aromatic heterocycles. The highest BCUT2D eigenvalue weighted by Crippen LogP contribution is 2.19. The van der Waals surface area contributed by atoms with Crippen LogP contribution in [0.1, 0.15) is 5.56 Å². The summed E-state index contributed by atoms with van der Waals surface area (Å²) in [5.41, 5.74) is 8.43. The molecule has 0 unspecified atom stereocenters. The molecular formula is C16H15FN2. The topological polar surface area (TPSA) is 29.3 Å². The van der Waals surface area contributed by atoms with E-state index in [9.17, 15) is 4.39 Å². The van der Waals surface area contributed by atoms with E-state index >= 15 is 0 Å². The first kappa shape index (κ1) is 13.0. The van der Waals surface area contributed by atoms with Crippen LogP contribution in [-0.2, 0) is 6.54 Å². The Hall–Kier alpha value is -2.47. The van der Waals surface area contributed by atoms with E-state index in [0.717, 1.165) is 11.3 Å². The minimum Gasteiger partial charge on any atom is -0.399 e. The fourth-order valence-electron chi connectivity index (χ4n) is 1.88. The van der Waals surface area contributed by atoms with Gasteiger partial charge in [-0.05, 0) is 35.9 Å². The quantitative estimate of drug-likeness (QED) is 0.671. The highest BCUT2D eigenvalue weighted by Gasteiger charge is 2.06. The Labute approximate surface area is 112 Å². The molecular weight excluding hydrogens is 239 g/mol. The van der Waals surface area contributed by atoms with Crippen LogP contribution in [0.15, 0.2) is 48.5 Å². The Bertz CT molecular complexity index is 584. The van der Waals surface area contributed by atoms with Gasteiger partial charge in [0.25, 0.3) is 0 Å². The number of nitrogens with two attached hydrogens (primary N) is 1. The molecule has 0 saturated carbocycles. The predicted molar refractivity (Wildman–Crippen MR) is 77.1 cm³/mol. The van der Waals surface area contributed by atoms with Crippen molar-refractivity contribution in [1.82, 2.24) is 0 Å². The van der Waals surface area contributed by atoms with Crippen molar-refractivity contribution in [2.75, 3.05) is 17.2 Å². The molecule has 0 saturated heterocycles. The summed E-state index contributed by atoms with van der Waals surface area (Å²) < 4.78 is 12.9. The number of benzene rings is 2. The molecule has 19 heavy (non-hydrogen) atoms. The molecule has 0 bridgehead atoms. The fraction of sp³-hybridized carbons (Fsp3) is 0.125. The van der Waals surface area contributed by atoms with Crippen LogP contribution in [0.25, 0.3) is 0 Å². The van der Waals surface area contributed by atoms with Gasteiger partial charge in [-0.2, -0.15) is 0 Å². The monoisotopic (exact) mass is 254 g/mol. The summed E-state index contributed by atoms with van der Waals surface area (Å²) in [6.07, 6.45) is 5.40. The minimum absolute atomic E-state index is 0.240. The second-order valence-electron chi connectivity index (χ2n) is 4.28. The van der Waals surface area contributed by atoms with Crippen molar-refractivity contribution in [2.24, 2.45) is 0 Å². The lowest BCUT2D eigenvalue weighted by molar-refractivity contribution is 0.627. The van der Waals surface area contributed by atoms with E-state index in [4.69, 9.17) is 12.2 Å². The summed E-state index contributed by atoms with van der Waals surface area (Å²) in [7, 11) is 0. The first-order valence-corrected chi connectivity index (χ1v) is 5.97. The van der Waals surface area contributed by atoms with Gasteiger partial charge in [0.15, 0.2) is 0 Å². The summed E-state index contributed by atoms with van der Waals surface area (Å²) in [5.74, 6) is 2.39. The number of terminal acetylenes is 1. The molecule has 96 valence electrons. The molecule has 2 nitrogen and oxygen atoms in total. The van der Waals surface area contributed by atoms with Crippen molar-refractivity contribution in [1.29, 1.82) is 0 Å². The predicted octanol–water partition coefficient (Wildman–Crippen LogP) is 3.05. The molecule has 0 radical (unpaired) electrons. The minimum atomic E-state index is -0.240. The zero-order valence-corrected chi connectivity index (χ0v) is 10.5. The molecule has 2 rings (SSSR count). The number of nitrogens with zero attached hydrogens (tertiary/aromatic N) is 1. The third kappa shape index (κ3) is 3.49. The molecule has 0 fully saturated rings. The fourth-order valence-corrected chi connectivity index (χ4v) is 1.88. The summed E-state index contributed by atoms with van der Waals surface area (Å²) >= 11 is 0. The van der Waals surface area contributed by atoms with Crippen LogP contribution in [-0.4, -0.2) is 6.54 Å². The zero-order valence-electron chi connectivity index (χ0n) is 10.5. The van der Waals surface area contributed by atoms with Crippen molar-refractivity contribution in [2.45, 2.75) is 6.54 Å². The van der Waals surface area contributed by atoms with Crippen LogP contribution in [0, 0.1) is 18.2 Å². The standard InChI is InChI=1S/C16H15FN2/c1-2-10-19(16-5-3-4-15(18)11-16)12-13-6-8-14(17)9-7-13/h1,3-9,11H,10,12,18H2. The van der Waals surface area contributed by atoms with Gasteiger partial charge in [0.1, 0.15) is 5.82 Å². The molecule has 0 aliphatic heterocycles. The van der Waals surface area contributed by atoms with E-state index in [1.807, 2.05) is 29.2 Å². The van der Waals surface area contributed by atoms with Gasteiger partial charge in [-0.15, -0.1) is 6.42 Å². The van der Waals surface area contributed by atoms with Crippen LogP contribution in [0.3, 0.4) is 0 Å². The molecule has 0 atom stereocenters. The Morgan fingerprint density at radius 2 is 1.89 bits per heavy atom. The van der Waals surface area contributed by atoms with Gasteiger partial charge in [0.2, 0.25) is 0 Å². The van der Waals surface area contributed by atoms with Crippen molar-refractivity contribution >= 4 is 11.4 Å². The second-order valence-corrected chi connectivity index (χ2v) is 4.28. The summed E-state index contributed by atoms with van der Waals surface area (Å²) in [6, 6.07) is 14.0. The maximum atomic E-state index is 12.9. The van der Waals surface area contributed by atoms with Crippen molar-refractivity contribution in [3.63, 3.8) is 0 Å². The first-order valence-electron chi connectivity index (χ1n) is 5.97. The van der Waals surface area contributed by atoms with E-state index in [1.165, 1.54) is 12.1 Å². The smallest absolute Gasteiger partial charge is 0.123 e. The average Bonchev–Trinajstić information content (AvgIpc) is 2.41. The second kappa shape index (κ2) is 5.92. The molecule has 0 amide bonds. The van der Waals surface area contributed by atoms with Gasteiger partial charge in [0, 0.05) is 17.9 Å². The summed E-state index contributed by atoms with van der Waals surface area (Å²) in [4.78, 5) is 2.02. The van der Waals surface area contributed by atoms with Gasteiger partial charge in [-0.1, -0.05) is 24.1 Å². The highest BCUT2D eigenvalue weighted by molar-refractivity contribution is 5.56.